The molecule has 1 saturated heterocycles. The predicted molar refractivity (Wildman–Crippen MR) is 85.3 cm³/mol. The van der Waals surface area contributed by atoms with Gasteiger partial charge in [-0.15, -0.1) is 0 Å². The number of aliphatic hydroxyl groups is 1. The Bertz CT molecular complexity index is 570. The lowest BCUT2D eigenvalue weighted by atomic mass is 9.77. The third-order valence-electron chi connectivity index (χ3n) is 4.46. The molecular weight excluding hydrogens is 278 g/mol. The summed E-state index contributed by atoms with van der Waals surface area (Å²) in [4.78, 5) is 13.8. The quantitative estimate of drug-likeness (QED) is 0.836. The summed E-state index contributed by atoms with van der Waals surface area (Å²) in [7, 11) is 0. The summed E-state index contributed by atoms with van der Waals surface area (Å²) < 4.78 is 0. The highest BCUT2D eigenvalue weighted by molar-refractivity contribution is 5.75. The van der Waals surface area contributed by atoms with Gasteiger partial charge in [-0.2, -0.15) is 0 Å². The van der Waals surface area contributed by atoms with E-state index < -0.39 is 11.4 Å². The first kappa shape index (κ1) is 16.5. The molecule has 2 rings (SSSR count). The van der Waals surface area contributed by atoms with Gasteiger partial charge >= 0.3 is 5.97 Å². The van der Waals surface area contributed by atoms with Crippen molar-refractivity contribution in [1.29, 1.82) is 0 Å². The minimum Gasteiger partial charge on any atom is -0.481 e. The van der Waals surface area contributed by atoms with Crippen molar-refractivity contribution in [3.8, 4) is 11.8 Å². The van der Waals surface area contributed by atoms with Gasteiger partial charge in [0, 0.05) is 18.7 Å². The minimum atomic E-state index is -0.672. The Morgan fingerprint density at radius 2 is 2.09 bits per heavy atom. The Morgan fingerprint density at radius 3 is 2.68 bits per heavy atom. The van der Waals surface area contributed by atoms with Gasteiger partial charge in [0.1, 0.15) is 6.61 Å². The fraction of sp³-hybridized carbons (Fsp3) is 0.500. The van der Waals surface area contributed by atoms with E-state index in [1.165, 1.54) is 0 Å². The molecular formula is C18H23NO3. The highest BCUT2D eigenvalue weighted by Crippen LogP contribution is 2.34. The monoisotopic (exact) mass is 301 g/mol. The van der Waals surface area contributed by atoms with Crippen LogP contribution in [0.1, 0.15) is 37.3 Å². The van der Waals surface area contributed by atoms with Crippen LogP contribution in [-0.4, -0.2) is 40.8 Å². The lowest BCUT2D eigenvalue weighted by Crippen LogP contribution is -2.47. The SMILES string of the molecule is CCC1(C(=O)O)CCCN(Cc2ccc(C#CCO)cc2)C1. The van der Waals surface area contributed by atoms with Gasteiger partial charge in [-0.05, 0) is 43.5 Å². The summed E-state index contributed by atoms with van der Waals surface area (Å²) in [5.41, 5.74) is 1.45. The van der Waals surface area contributed by atoms with Gasteiger partial charge in [0.25, 0.3) is 0 Å². The summed E-state index contributed by atoms with van der Waals surface area (Å²) in [6.45, 7) is 4.16. The zero-order valence-electron chi connectivity index (χ0n) is 13.0. The molecule has 0 aromatic heterocycles. The molecule has 2 N–H and O–H groups in total. The van der Waals surface area contributed by atoms with E-state index in [9.17, 15) is 9.90 Å². The largest absolute Gasteiger partial charge is 0.481 e. The fourth-order valence-corrected chi connectivity index (χ4v) is 3.07. The van der Waals surface area contributed by atoms with Crippen molar-refractivity contribution in [3.05, 3.63) is 35.4 Å². The van der Waals surface area contributed by atoms with Gasteiger partial charge in [0.05, 0.1) is 5.41 Å². The van der Waals surface area contributed by atoms with E-state index in [2.05, 4.69) is 16.7 Å². The maximum atomic E-state index is 11.6. The number of benzene rings is 1. The highest BCUT2D eigenvalue weighted by Gasteiger charge is 2.40. The molecule has 0 radical (unpaired) electrons. The van der Waals surface area contributed by atoms with Crippen LogP contribution in [0.25, 0.3) is 0 Å². The molecule has 1 aliphatic heterocycles. The van der Waals surface area contributed by atoms with E-state index in [1.807, 2.05) is 31.2 Å². The number of carboxylic acids is 1. The number of carboxylic acid groups (broad SMARTS) is 1. The normalized spacial score (nSPS) is 21.9. The Morgan fingerprint density at radius 1 is 1.36 bits per heavy atom. The maximum absolute atomic E-state index is 11.6. The van der Waals surface area contributed by atoms with Crippen molar-refractivity contribution < 1.29 is 15.0 Å². The average molecular weight is 301 g/mol. The first-order chi connectivity index (χ1) is 10.6. The zero-order chi connectivity index (χ0) is 16.0. The molecule has 1 aliphatic rings. The molecule has 4 nitrogen and oxygen atoms in total. The molecule has 0 aliphatic carbocycles. The number of hydrogen-bond acceptors (Lipinski definition) is 3. The van der Waals surface area contributed by atoms with Gasteiger partial charge in [0.15, 0.2) is 0 Å². The Labute approximate surface area is 131 Å². The third-order valence-corrected chi connectivity index (χ3v) is 4.46. The molecule has 1 unspecified atom stereocenters. The summed E-state index contributed by atoms with van der Waals surface area (Å²) in [5, 5.41) is 18.2. The molecule has 1 aromatic carbocycles. The lowest BCUT2D eigenvalue weighted by molar-refractivity contribution is -0.153. The van der Waals surface area contributed by atoms with E-state index in [0.717, 1.165) is 37.1 Å². The number of hydrogen-bond donors (Lipinski definition) is 2. The van der Waals surface area contributed by atoms with Crippen LogP contribution >= 0.6 is 0 Å². The molecule has 0 bridgehead atoms. The van der Waals surface area contributed by atoms with Crippen LogP contribution in [0.4, 0.5) is 0 Å². The van der Waals surface area contributed by atoms with Gasteiger partial charge in [0.2, 0.25) is 0 Å². The molecule has 0 amide bonds. The molecule has 1 heterocycles. The van der Waals surface area contributed by atoms with Crippen molar-refractivity contribution in [2.24, 2.45) is 5.41 Å². The molecule has 1 aromatic rings. The van der Waals surface area contributed by atoms with Gasteiger partial charge in [-0.3, -0.25) is 9.69 Å². The number of nitrogens with zero attached hydrogens (tertiary/aromatic N) is 1. The van der Waals surface area contributed by atoms with E-state index in [4.69, 9.17) is 5.11 Å². The second kappa shape index (κ2) is 7.44. The topological polar surface area (TPSA) is 60.8 Å². The number of carbonyl (C=O) groups is 1. The summed E-state index contributed by atoms with van der Waals surface area (Å²) in [6, 6.07) is 7.91. The first-order valence-electron chi connectivity index (χ1n) is 7.74. The Balaban J connectivity index is 2.02. The van der Waals surface area contributed by atoms with Gasteiger partial charge in [-0.1, -0.05) is 30.9 Å². The smallest absolute Gasteiger partial charge is 0.310 e. The van der Waals surface area contributed by atoms with Crippen molar-refractivity contribution in [2.75, 3.05) is 19.7 Å². The van der Waals surface area contributed by atoms with Gasteiger partial charge in [-0.25, -0.2) is 0 Å². The van der Waals surface area contributed by atoms with Crippen LogP contribution in [0, 0.1) is 17.3 Å². The molecule has 4 heteroatoms. The lowest BCUT2D eigenvalue weighted by Gasteiger charge is -2.39. The minimum absolute atomic E-state index is 0.135. The highest BCUT2D eigenvalue weighted by atomic mass is 16.4. The average Bonchev–Trinajstić information content (AvgIpc) is 2.54. The number of aliphatic carboxylic acids is 1. The Kier molecular flexibility index (Phi) is 5.59. The van der Waals surface area contributed by atoms with Gasteiger partial charge < -0.3 is 10.2 Å². The second-order valence-electron chi connectivity index (χ2n) is 5.91. The summed E-state index contributed by atoms with van der Waals surface area (Å²) in [5.74, 6) is 4.83. The van der Waals surface area contributed by atoms with E-state index in [-0.39, 0.29) is 6.61 Å². The molecule has 118 valence electrons. The van der Waals surface area contributed by atoms with E-state index >= 15 is 0 Å². The molecule has 1 fully saturated rings. The van der Waals surface area contributed by atoms with Crippen LogP contribution in [0.3, 0.4) is 0 Å². The summed E-state index contributed by atoms with van der Waals surface area (Å²) >= 11 is 0. The maximum Gasteiger partial charge on any atom is 0.310 e. The van der Waals surface area contributed by atoms with Crippen LogP contribution in [-0.2, 0) is 11.3 Å². The Hall–Kier alpha value is -1.83. The molecule has 0 spiro atoms. The van der Waals surface area contributed by atoms with Crippen LogP contribution < -0.4 is 0 Å². The van der Waals surface area contributed by atoms with Crippen LogP contribution in [0.15, 0.2) is 24.3 Å². The number of likely N-dealkylation sites (tertiary alicyclic amines) is 1. The van der Waals surface area contributed by atoms with E-state index in [1.54, 1.807) is 0 Å². The first-order valence-corrected chi connectivity index (χ1v) is 7.74. The predicted octanol–water partition coefficient (Wildman–Crippen LogP) is 2.11. The molecule has 0 saturated carbocycles. The second-order valence-corrected chi connectivity index (χ2v) is 5.91. The van der Waals surface area contributed by atoms with Crippen molar-refractivity contribution >= 4 is 5.97 Å². The van der Waals surface area contributed by atoms with Crippen molar-refractivity contribution in [3.63, 3.8) is 0 Å². The number of piperidine rings is 1. The van der Waals surface area contributed by atoms with Crippen LogP contribution in [0.2, 0.25) is 0 Å². The molecule has 22 heavy (non-hydrogen) atoms. The third kappa shape index (κ3) is 3.88. The van der Waals surface area contributed by atoms with Crippen LogP contribution in [0.5, 0.6) is 0 Å². The van der Waals surface area contributed by atoms with E-state index in [0.29, 0.717) is 13.0 Å². The summed E-state index contributed by atoms with van der Waals surface area (Å²) in [6.07, 6.45) is 2.37. The van der Waals surface area contributed by atoms with Crippen molar-refractivity contribution in [1.82, 2.24) is 4.90 Å². The standard InChI is InChI=1S/C18H23NO3/c1-2-18(17(21)22)10-4-11-19(14-18)13-16-8-6-15(7-9-16)5-3-12-20/h6-9,20H,2,4,10-14H2,1H3,(H,21,22). The fourth-order valence-electron chi connectivity index (χ4n) is 3.07. The van der Waals surface area contributed by atoms with Crippen molar-refractivity contribution in [2.45, 2.75) is 32.7 Å². The molecule has 1 atom stereocenters. The zero-order valence-corrected chi connectivity index (χ0v) is 13.0. The number of aliphatic hydroxyl groups excluding tert-OH is 1. The number of rotatable bonds is 4.